The van der Waals surface area contributed by atoms with Gasteiger partial charge in [0.15, 0.2) is 17.5 Å². The number of ether oxygens (including phenoxy) is 2. The standard InChI is InChI=1S/C18H29N3O3.HI/c1-23-15-7-6-14(12-16(15)24-2)8-11-20-17(19)21-13-18(22)9-4-3-5-10-18;/h6-7,12,22H,3-5,8-11,13H2,1-2H3,(H3,19,20,21);1H. The molecule has 4 N–H and O–H groups in total. The molecule has 0 bridgehead atoms. The van der Waals surface area contributed by atoms with Gasteiger partial charge in [-0.25, -0.2) is 0 Å². The summed E-state index contributed by atoms with van der Waals surface area (Å²) in [5, 5.41) is 13.5. The normalized spacial score (nSPS) is 16.7. The predicted molar refractivity (Wildman–Crippen MR) is 111 cm³/mol. The molecule has 1 aromatic rings. The van der Waals surface area contributed by atoms with E-state index in [0.717, 1.165) is 49.2 Å². The third kappa shape index (κ3) is 6.89. The summed E-state index contributed by atoms with van der Waals surface area (Å²) < 4.78 is 10.5. The van der Waals surface area contributed by atoms with Crippen LogP contribution in [0.15, 0.2) is 23.2 Å². The summed E-state index contributed by atoms with van der Waals surface area (Å²) in [4.78, 5) is 4.30. The molecule has 0 radical (unpaired) electrons. The van der Waals surface area contributed by atoms with E-state index < -0.39 is 5.60 Å². The Kier molecular flexibility index (Phi) is 9.34. The number of methoxy groups -OCH3 is 2. The van der Waals surface area contributed by atoms with Crippen LogP contribution in [0.4, 0.5) is 0 Å². The fourth-order valence-corrected chi connectivity index (χ4v) is 3.03. The molecule has 6 nitrogen and oxygen atoms in total. The highest BCUT2D eigenvalue weighted by atomic mass is 127. The van der Waals surface area contributed by atoms with E-state index in [1.807, 2.05) is 18.2 Å². The number of nitrogens with one attached hydrogen (secondary N) is 1. The monoisotopic (exact) mass is 463 g/mol. The number of hydrogen-bond acceptors (Lipinski definition) is 4. The van der Waals surface area contributed by atoms with E-state index in [1.165, 1.54) is 6.42 Å². The summed E-state index contributed by atoms with van der Waals surface area (Å²) in [5.41, 5.74) is 6.35. The minimum absolute atomic E-state index is 0. The van der Waals surface area contributed by atoms with Crippen molar-refractivity contribution in [2.24, 2.45) is 10.7 Å². The van der Waals surface area contributed by atoms with Crippen molar-refractivity contribution >= 4 is 29.9 Å². The van der Waals surface area contributed by atoms with E-state index in [0.29, 0.717) is 19.0 Å². The molecule has 1 fully saturated rings. The number of nitrogens with zero attached hydrogens (tertiary/aromatic N) is 1. The van der Waals surface area contributed by atoms with Gasteiger partial charge in [0, 0.05) is 6.54 Å². The maximum atomic E-state index is 10.4. The maximum Gasteiger partial charge on any atom is 0.188 e. The number of rotatable bonds is 7. The van der Waals surface area contributed by atoms with Crippen molar-refractivity contribution in [3.63, 3.8) is 0 Å². The van der Waals surface area contributed by atoms with Crippen LogP contribution in [0.25, 0.3) is 0 Å². The Hall–Kier alpha value is -1.22. The van der Waals surface area contributed by atoms with Gasteiger partial charge in [0.25, 0.3) is 0 Å². The topological polar surface area (TPSA) is 89.1 Å². The Morgan fingerprint density at radius 1 is 1.20 bits per heavy atom. The number of benzene rings is 1. The van der Waals surface area contributed by atoms with Gasteiger partial charge in [0.05, 0.1) is 26.4 Å². The average molecular weight is 463 g/mol. The lowest BCUT2D eigenvalue weighted by Gasteiger charge is -2.30. The molecule has 0 aliphatic heterocycles. The molecular weight excluding hydrogens is 433 g/mol. The van der Waals surface area contributed by atoms with Crippen LogP contribution in [0, 0.1) is 0 Å². The van der Waals surface area contributed by atoms with Crippen LogP contribution in [0.5, 0.6) is 11.5 Å². The molecule has 1 aliphatic rings. The van der Waals surface area contributed by atoms with Gasteiger partial charge in [0.2, 0.25) is 0 Å². The van der Waals surface area contributed by atoms with Gasteiger partial charge in [-0.15, -0.1) is 24.0 Å². The number of guanidine groups is 1. The quantitative estimate of drug-likeness (QED) is 0.329. The van der Waals surface area contributed by atoms with Crippen LogP contribution in [-0.2, 0) is 6.42 Å². The molecule has 25 heavy (non-hydrogen) atoms. The van der Waals surface area contributed by atoms with E-state index in [-0.39, 0.29) is 24.0 Å². The van der Waals surface area contributed by atoms with Crippen LogP contribution in [0.2, 0.25) is 0 Å². The van der Waals surface area contributed by atoms with Gasteiger partial charge in [-0.2, -0.15) is 0 Å². The zero-order chi connectivity index (χ0) is 17.4. The first kappa shape index (κ1) is 21.8. The lowest BCUT2D eigenvalue weighted by molar-refractivity contribution is 0.0132. The van der Waals surface area contributed by atoms with Crippen LogP contribution in [0.3, 0.4) is 0 Å². The second-order valence-electron chi connectivity index (χ2n) is 6.35. The molecule has 0 amide bonds. The van der Waals surface area contributed by atoms with E-state index in [4.69, 9.17) is 15.2 Å². The molecule has 0 atom stereocenters. The van der Waals surface area contributed by atoms with Crippen molar-refractivity contribution in [3.8, 4) is 11.5 Å². The number of aliphatic hydroxyl groups is 1. The highest BCUT2D eigenvalue weighted by Crippen LogP contribution is 2.28. The molecule has 7 heteroatoms. The number of hydrogen-bond donors (Lipinski definition) is 3. The van der Waals surface area contributed by atoms with Crippen molar-refractivity contribution in [3.05, 3.63) is 23.8 Å². The number of aliphatic imine (C=N–C) groups is 1. The molecule has 1 aromatic carbocycles. The molecular formula is C18H30IN3O3. The van der Waals surface area contributed by atoms with E-state index >= 15 is 0 Å². The minimum atomic E-state index is -0.673. The van der Waals surface area contributed by atoms with Crippen molar-refractivity contribution in [1.29, 1.82) is 0 Å². The first-order valence-corrected chi connectivity index (χ1v) is 8.53. The second-order valence-corrected chi connectivity index (χ2v) is 6.35. The van der Waals surface area contributed by atoms with Gasteiger partial charge >= 0.3 is 0 Å². The Balaban J connectivity index is 0.00000312. The molecule has 1 saturated carbocycles. The third-order valence-corrected chi connectivity index (χ3v) is 4.50. The summed E-state index contributed by atoms with van der Waals surface area (Å²) in [7, 11) is 3.25. The van der Waals surface area contributed by atoms with E-state index in [2.05, 4.69) is 10.3 Å². The zero-order valence-electron chi connectivity index (χ0n) is 15.1. The summed E-state index contributed by atoms with van der Waals surface area (Å²) in [6.07, 6.45) is 5.76. The molecule has 142 valence electrons. The lowest BCUT2D eigenvalue weighted by Crippen LogP contribution is -2.38. The number of nitrogens with two attached hydrogens (primary N) is 1. The molecule has 0 heterocycles. The largest absolute Gasteiger partial charge is 0.493 e. The van der Waals surface area contributed by atoms with Gasteiger partial charge in [-0.05, 0) is 37.0 Å². The van der Waals surface area contributed by atoms with Crippen LogP contribution in [-0.4, -0.2) is 44.0 Å². The van der Waals surface area contributed by atoms with Crippen LogP contribution in [0.1, 0.15) is 37.7 Å². The SMILES string of the molecule is COc1ccc(CCNC(N)=NCC2(O)CCCCC2)cc1OC.I. The van der Waals surface area contributed by atoms with Crippen LogP contribution >= 0.6 is 24.0 Å². The zero-order valence-corrected chi connectivity index (χ0v) is 17.4. The van der Waals surface area contributed by atoms with Gasteiger partial charge in [-0.3, -0.25) is 4.99 Å². The first-order chi connectivity index (χ1) is 11.6. The van der Waals surface area contributed by atoms with Crippen molar-refractivity contribution < 1.29 is 14.6 Å². The average Bonchev–Trinajstić information content (AvgIpc) is 2.60. The number of halogens is 1. The Labute approximate surface area is 167 Å². The maximum absolute atomic E-state index is 10.4. The van der Waals surface area contributed by atoms with Gasteiger partial charge in [-0.1, -0.05) is 25.3 Å². The van der Waals surface area contributed by atoms with Crippen LogP contribution < -0.4 is 20.5 Å². The summed E-state index contributed by atoms with van der Waals surface area (Å²) in [6, 6.07) is 5.85. The Bertz CT molecular complexity index is 560. The lowest BCUT2D eigenvalue weighted by atomic mass is 9.85. The molecule has 2 rings (SSSR count). The summed E-state index contributed by atoms with van der Waals surface area (Å²) in [6.45, 7) is 1.05. The molecule has 1 aliphatic carbocycles. The minimum Gasteiger partial charge on any atom is -0.493 e. The first-order valence-electron chi connectivity index (χ1n) is 8.53. The van der Waals surface area contributed by atoms with Gasteiger partial charge in [0.1, 0.15) is 0 Å². The molecule has 0 saturated heterocycles. The van der Waals surface area contributed by atoms with Crippen molar-refractivity contribution in [2.75, 3.05) is 27.3 Å². The van der Waals surface area contributed by atoms with Gasteiger partial charge < -0.3 is 25.6 Å². The highest BCUT2D eigenvalue weighted by molar-refractivity contribution is 14.0. The Morgan fingerprint density at radius 2 is 1.88 bits per heavy atom. The smallest absolute Gasteiger partial charge is 0.188 e. The summed E-state index contributed by atoms with van der Waals surface area (Å²) in [5.74, 6) is 1.82. The molecule has 0 unspecified atom stereocenters. The summed E-state index contributed by atoms with van der Waals surface area (Å²) >= 11 is 0. The molecule has 0 spiro atoms. The highest BCUT2D eigenvalue weighted by Gasteiger charge is 2.28. The van der Waals surface area contributed by atoms with E-state index in [1.54, 1.807) is 14.2 Å². The second kappa shape index (κ2) is 10.7. The molecule has 0 aromatic heterocycles. The van der Waals surface area contributed by atoms with E-state index in [9.17, 15) is 5.11 Å². The van der Waals surface area contributed by atoms with Crippen molar-refractivity contribution in [2.45, 2.75) is 44.1 Å². The fraction of sp³-hybridized carbons (Fsp3) is 0.611. The third-order valence-electron chi connectivity index (χ3n) is 4.50. The Morgan fingerprint density at radius 3 is 2.52 bits per heavy atom. The predicted octanol–water partition coefficient (Wildman–Crippen LogP) is 2.46. The van der Waals surface area contributed by atoms with Crippen molar-refractivity contribution in [1.82, 2.24) is 5.32 Å². The fourth-order valence-electron chi connectivity index (χ4n) is 3.03.